The van der Waals surface area contributed by atoms with Crippen LogP contribution in [0.3, 0.4) is 0 Å². The largest absolute Gasteiger partial charge is 0.389 e. The van der Waals surface area contributed by atoms with Crippen LogP contribution in [0.2, 0.25) is 0 Å². The van der Waals surface area contributed by atoms with Crippen LogP contribution in [0.15, 0.2) is 12.1 Å². The van der Waals surface area contributed by atoms with Gasteiger partial charge in [-0.25, -0.2) is 4.39 Å². The zero-order valence-electron chi connectivity index (χ0n) is 12.5. The summed E-state index contributed by atoms with van der Waals surface area (Å²) in [7, 11) is 1.57. The fourth-order valence-electron chi connectivity index (χ4n) is 2.54. The van der Waals surface area contributed by atoms with Gasteiger partial charge in [-0.3, -0.25) is 4.79 Å². The molecule has 21 heavy (non-hydrogen) atoms. The van der Waals surface area contributed by atoms with E-state index in [-0.39, 0.29) is 18.3 Å². The van der Waals surface area contributed by atoms with Crippen molar-refractivity contribution in [1.82, 2.24) is 5.32 Å². The highest BCUT2D eigenvalue weighted by Gasteiger charge is 2.31. The van der Waals surface area contributed by atoms with Crippen LogP contribution in [0.4, 0.5) is 10.1 Å². The number of rotatable bonds is 3. The standard InChI is InChI=1S/C15H21FN2O3/c1-9-6-13(11(10(2)19)7-12(9)16)18-4-5-21-8-14(18)15(20)17-3/h6-7,10,14,19H,4-5,8H2,1-3H3,(H,17,20)/t10-,14?/m1/s1. The molecular weight excluding hydrogens is 275 g/mol. The fourth-order valence-corrected chi connectivity index (χ4v) is 2.54. The second-order valence-corrected chi connectivity index (χ2v) is 5.23. The van der Waals surface area contributed by atoms with Crippen LogP contribution in [-0.2, 0) is 9.53 Å². The molecule has 5 nitrogen and oxygen atoms in total. The lowest BCUT2D eigenvalue weighted by atomic mass is 10.0. The van der Waals surface area contributed by atoms with Crippen molar-refractivity contribution >= 4 is 11.6 Å². The lowest BCUT2D eigenvalue weighted by Gasteiger charge is -2.37. The number of hydrogen-bond donors (Lipinski definition) is 2. The minimum atomic E-state index is -0.816. The Morgan fingerprint density at radius 3 is 2.90 bits per heavy atom. The van der Waals surface area contributed by atoms with Gasteiger partial charge in [0.05, 0.1) is 19.3 Å². The number of halogens is 1. The summed E-state index contributed by atoms with van der Waals surface area (Å²) in [5.41, 5.74) is 1.64. The van der Waals surface area contributed by atoms with Crippen LogP contribution in [0.25, 0.3) is 0 Å². The summed E-state index contributed by atoms with van der Waals surface area (Å²) in [6, 6.07) is 2.54. The number of likely N-dealkylation sites (N-methyl/N-ethyl adjacent to an activating group) is 1. The maximum Gasteiger partial charge on any atom is 0.244 e. The molecule has 0 saturated carbocycles. The van der Waals surface area contributed by atoms with E-state index < -0.39 is 12.1 Å². The molecule has 1 saturated heterocycles. The molecule has 0 radical (unpaired) electrons. The van der Waals surface area contributed by atoms with Crippen LogP contribution in [-0.4, -0.2) is 43.9 Å². The van der Waals surface area contributed by atoms with Gasteiger partial charge < -0.3 is 20.1 Å². The average Bonchev–Trinajstić information content (AvgIpc) is 2.48. The predicted molar refractivity (Wildman–Crippen MR) is 77.8 cm³/mol. The van der Waals surface area contributed by atoms with E-state index in [0.29, 0.717) is 30.0 Å². The molecule has 2 atom stereocenters. The van der Waals surface area contributed by atoms with Gasteiger partial charge in [-0.05, 0) is 31.5 Å². The number of aliphatic hydroxyl groups excluding tert-OH is 1. The van der Waals surface area contributed by atoms with E-state index in [1.807, 2.05) is 4.90 Å². The number of amides is 1. The van der Waals surface area contributed by atoms with Gasteiger partial charge in [0.15, 0.2) is 0 Å². The number of benzene rings is 1. The highest BCUT2D eigenvalue weighted by atomic mass is 19.1. The molecular formula is C15H21FN2O3. The van der Waals surface area contributed by atoms with Gasteiger partial charge in [0, 0.05) is 24.8 Å². The number of ether oxygens (including phenoxy) is 1. The van der Waals surface area contributed by atoms with Crippen molar-refractivity contribution in [3.8, 4) is 0 Å². The molecule has 2 rings (SSSR count). The second kappa shape index (κ2) is 6.41. The Hall–Kier alpha value is -1.66. The van der Waals surface area contributed by atoms with E-state index in [1.54, 1.807) is 27.0 Å². The predicted octanol–water partition coefficient (Wildman–Crippen LogP) is 1.14. The quantitative estimate of drug-likeness (QED) is 0.878. The van der Waals surface area contributed by atoms with Crippen molar-refractivity contribution in [3.05, 3.63) is 29.1 Å². The molecule has 1 fully saturated rings. The Morgan fingerprint density at radius 2 is 2.29 bits per heavy atom. The highest BCUT2D eigenvalue weighted by Crippen LogP contribution is 2.31. The van der Waals surface area contributed by atoms with Crippen molar-refractivity contribution in [2.45, 2.75) is 26.0 Å². The zero-order valence-corrected chi connectivity index (χ0v) is 12.5. The number of hydrogen-bond acceptors (Lipinski definition) is 4. The molecule has 1 aromatic rings. The molecule has 116 valence electrons. The summed E-state index contributed by atoms with van der Waals surface area (Å²) >= 11 is 0. The van der Waals surface area contributed by atoms with E-state index in [4.69, 9.17) is 4.74 Å². The maximum absolute atomic E-state index is 13.8. The molecule has 1 aliphatic rings. The summed E-state index contributed by atoms with van der Waals surface area (Å²) in [5, 5.41) is 12.5. The van der Waals surface area contributed by atoms with Gasteiger partial charge >= 0.3 is 0 Å². The molecule has 1 heterocycles. The van der Waals surface area contributed by atoms with Crippen molar-refractivity contribution in [2.75, 3.05) is 31.7 Å². The fraction of sp³-hybridized carbons (Fsp3) is 0.533. The van der Waals surface area contributed by atoms with Crippen molar-refractivity contribution in [1.29, 1.82) is 0 Å². The van der Waals surface area contributed by atoms with Gasteiger partial charge in [0.1, 0.15) is 11.9 Å². The second-order valence-electron chi connectivity index (χ2n) is 5.23. The Balaban J connectivity index is 2.47. The number of aliphatic hydroxyl groups is 1. The van der Waals surface area contributed by atoms with Crippen LogP contribution < -0.4 is 10.2 Å². The monoisotopic (exact) mass is 296 g/mol. The molecule has 0 bridgehead atoms. The van der Waals surface area contributed by atoms with E-state index in [9.17, 15) is 14.3 Å². The van der Waals surface area contributed by atoms with E-state index in [2.05, 4.69) is 5.32 Å². The molecule has 1 aromatic carbocycles. The van der Waals surface area contributed by atoms with Crippen LogP contribution in [0.1, 0.15) is 24.2 Å². The summed E-state index contributed by atoms with van der Waals surface area (Å²) in [5.74, 6) is -0.521. The number of carbonyl (C=O) groups excluding carboxylic acids is 1. The molecule has 0 aliphatic carbocycles. The summed E-state index contributed by atoms with van der Waals surface area (Å²) in [6.45, 7) is 4.53. The minimum Gasteiger partial charge on any atom is -0.389 e. The number of aryl methyl sites for hydroxylation is 1. The van der Waals surface area contributed by atoms with E-state index >= 15 is 0 Å². The zero-order chi connectivity index (χ0) is 15.6. The van der Waals surface area contributed by atoms with Gasteiger partial charge in [0.2, 0.25) is 5.91 Å². The Kier molecular flexibility index (Phi) is 4.80. The Morgan fingerprint density at radius 1 is 1.57 bits per heavy atom. The SMILES string of the molecule is CNC(=O)C1COCCN1c1cc(C)c(F)cc1[C@@H](C)O. The third-order valence-corrected chi connectivity index (χ3v) is 3.74. The average molecular weight is 296 g/mol. The normalized spacial score (nSPS) is 20.2. The van der Waals surface area contributed by atoms with Crippen LogP contribution in [0.5, 0.6) is 0 Å². The summed E-state index contributed by atoms with van der Waals surface area (Å²) in [6.07, 6.45) is -0.816. The molecule has 0 spiro atoms. The van der Waals surface area contributed by atoms with Gasteiger partial charge in [-0.1, -0.05) is 0 Å². The van der Waals surface area contributed by atoms with E-state index in [1.165, 1.54) is 6.07 Å². The first-order valence-corrected chi connectivity index (χ1v) is 6.99. The molecule has 1 amide bonds. The lowest BCUT2D eigenvalue weighted by molar-refractivity contribution is -0.124. The van der Waals surface area contributed by atoms with Crippen molar-refractivity contribution in [3.63, 3.8) is 0 Å². The molecule has 2 N–H and O–H groups in total. The van der Waals surface area contributed by atoms with Crippen LogP contribution in [0, 0.1) is 12.7 Å². The number of nitrogens with one attached hydrogen (secondary N) is 1. The minimum absolute atomic E-state index is 0.159. The first-order valence-electron chi connectivity index (χ1n) is 6.99. The number of morpholine rings is 1. The first kappa shape index (κ1) is 15.7. The smallest absolute Gasteiger partial charge is 0.244 e. The van der Waals surface area contributed by atoms with Crippen molar-refractivity contribution < 1.29 is 19.0 Å². The first-order chi connectivity index (χ1) is 9.95. The number of carbonyl (C=O) groups is 1. The molecule has 6 heteroatoms. The molecule has 0 aromatic heterocycles. The molecule has 1 unspecified atom stereocenters. The third-order valence-electron chi connectivity index (χ3n) is 3.74. The third kappa shape index (κ3) is 3.16. The van der Waals surface area contributed by atoms with Gasteiger partial charge in [-0.15, -0.1) is 0 Å². The Bertz CT molecular complexity index is 534. The summed E-state index contributed by atoms with van der Waals surface area (Å²) in [4.78, 5) is 13.9. The number of nitrogens with zero attached hydrogens (tertiary/aromatic N) is 1. The topological polar surface area (TPSA) is 61.8 Å². The summed E-state index contributed by atoms with van der Waals surface area (Å²) < 4.78 is 19.1. The molecule has 1 aliphatic heterocycles. The Labute approximate surface area is 123 Å². The lowest BCUT2D eigenvalue weighted by Crippen LogP contribution is -2.53. The van der Waals surface area contributed by atoms with Gasteiger partial charge in [0.25, 0.3) is 0 Å². The van der Waals surface area contributed by atoms with Crippen molar-refractivity contribution in [2.24, 2.45) is 0 Å². The maximum atomic E-state index is 13.8. The van der Waals surface area contributed by atoms with Gasteiger partial charge in [-0.2, -0.15) is 0 Å². The van der Waals surface area contributed by atoms with Crippen LogP contribution >= 0.6 is 0 Å². The van der Waals surface area contributed by atoms with E-state index in [0.717, 1.165) is 0 Å². The number of anilines is 1. The highest BCUT2D eigenvalue weighted by molar-refractivity contribution is 5.85.